The van der Waals surface area contributed by atoms with Crippen LogP contribution in [0.25, 0.3) is 11.4 Å². The fourth-order valence-electron chi connectivity index (χ4n) is 1.43. The summed E-state index contributed by atoms with van der Waals surface area (Å²) in [7, 11) is 0. The van der Waals surface area contributed by atoms with E-state index in [2.05, 4.69) is 25.9 Å². The van der Waals surface area contributed by atoms with Crippen molar-refractivity contribution in [3.63, 3.8) is 0 Å². The summed E-state index contributed by atoms with van der Waals surface area (Å²) in [6, 6.07) is 3.44. The van der Waals surface area contributed by atoms with Gasteiger partial charge in [-0.05, 0) is 18.2 Å². The van der Waals surface area contributed by atoms with Crippen LogP contribution in [-0.2, 0) is 6.18 Å². The molecule has 0 atom stereocenters. The number of imidazole rings is 1. The number of H-pyrrole nitrogens is 1. The zero-order valence-electron chi connectivity index (χ0n) is 8.75. The van der Waals surface area contributed by atoms with Gasteiger partial charge in [0.25, 0.3) is 0 Å². The molecule has 0 radical (unpaired) electrons. The lowest BCUT2D eigenvalue weighted by Gasteiger charge is -2.08. The molecule has 1 heterocycles. The van der Waals surface area contributed by atoms with Gasteiger partial charge in [0.2, 0.25) is 0 Å². The Hall–Kier alpha value is -1.63. The van der Waals surface area contributed by atoms with Gasteiger partial charge in [0.1, 0.15) is 5.82 Å². The van der Waals surface area contributed by atoms with Crippen LogP contribution < -0.4 is 0 Å². The summed E-state index contributed by atoms with van der Waals surface area (Å²) in [4.78, 5) is 16.9. The van der Waals surface area contributed by atoms with Crippen LogP contribution in [-0.4, -0.2) is 16.3 Å². The summed E-state index contributed by atoms with van der Waals surface area (Å²) in [5.41, 5.74) is -0.320. The first-order chi connectivity index (χ1) is 8.40. The van der Waals surface area contributed by atoms with Gasteiger partial charge >= 0.3 is 6.18 Å². The Balaban J connectivity index is 2.51. The number of carbonyl (C=O) groups excluding carboxylic acids is 1. The Morgan fingerprint density at radius 1 is 1.28 bits per heavy atom. The van der Waals surface area contributed by atoms with Crippen molar-refractivity contribution in [2.45, 2.75) is 6.18 Å². The van der Waals surface area contributed by atoms with Gasteiger partial charge in [0.05, 0.1) is 17.5 Å². The molecule has 0 saturated carbocycles. The van der Waals surface area contributed by atoms with Gasteiger partial charge < -0.3 is 4.98 Å². The van der Waals surface area contributed by atoms with E-state index in [1.54, 1.807) is 0 Å². The number of halogens is 4. The maximum absolute atomic E-state index is 12.6. The van der Waals surface area contributed by atoms with Gasteiger partial charge in [-0.15, -0.1) is 0 Å². The third kappa shape index (κ3) is 2.61. The number of hydrogen-bond acceptors (Lipinski definition) is 2. The minimum Gasteiger partial charge on any atom is -0.336 e. The maximum Gasteiger partial charge on any atom is 0.416 e. The summed E-state index contributed by atoms with van der Waals surface area (Å²) >= 11 is 3.02. The van der Waals surface area contributed by atoms with E-state index in [0.717, 1.165) is 12.1 Å². The van der Waals surface area contributed by atoms with Crippen LogP contribution in [0.5, 0.6) is 0 Å². The number of rotatable bonds is 2. The molecule has 0 unspecified atom stereocenters. The van der Waals surface area contributed by atoms with Crippen molar-refractivity contribution < 1.29 is 18.0 Å². The predicted molar refractivity (Wildman–Crippen MR) is 62.1 cm³/mol. The molecule has 0 saturated heterocycles. The third-order valence-corrected chi connectivity index (χ3v) is 2.68. The van der Waals surface area contributed by atoms with E-state index in [4.69, 9.17) is 0 Å². The minimum atomic E-state index is -4.43. The Bertz CT molecular complexity index is 592. The first kappa shape index (κ1) is 12.8. The molecule has 1 aromatic carbocycles. The largest absolute Gasteiger partial charge is 0.416 e. The molecule has 0 bridgehead atoms. The lowest BCUT2D eigenvalue weighted by Crippen LogP contribution is -2.05. The lowest BCUT2D eigenvalue weighted by molar-refractivity contribution is -0.137. The number of aromatic nitrogens is 2. The van der Waals surface area contributed by atoms with E-state index in [1.807, 2.05) is 0 Å². The Morgan fingerprint density at radius 3 is 2.56 bits per heavy atom. The predicted octanol–water partition coefficient (Wildman–Crippen LogP) is 3.67. The van der Waals surface area contributed by atoms with Gasteiger partial charge in [-0.3, -0.25) is 4.79 Å². The van der Waals surface area contributed by atoms with E-state index in [0.29, 0.717) is 6.29 Å². The number of carbonyl (C=O) groups is 1. The highest BCUT2D eigenvalue weighted by atomic mass is 79.9. The van der Waals surface area contributed by atoms with Gasteiger partial charge in [-0.25, -0.2) is 4.98 Å². The van der Waals surface area contributed by atoms with E-state index < -0.39 is 11.7 Å². The van der Waals surface area contributed by atoms with Crippen LogP contribution in [0.4, 0.5) is 13.2 Å². The molecule has 0 aliphatic rings. The van der Waals surface area contributed by atoms with Crippen molar-refractivity contribution in [3.8, 4) is 11.4 Å². The van der Waals surface area contributed by atoms with Gasteiger partial charge in [-0.2, -0.15) is 13.2 Å². The van der Waals surface area contributed by atoms with Crippen molar-refractivity contribution in [1.82, 2.24) is 9.97 Å². The number of nitrogens with one attached hydrogen (secondary N) is 1. The van der Waals surface area contributed by atoms with Crippen LogP contribution in [0.1, 0.15) is 16.1 Å². The standard InChI is InChI=1S/C11H6BrF3N2O/c12-8-2-6(1-7(3-8)11(13,14)15)10-16-4-9(5-18)17-10/h1-5H,(H,16,17). The monoisotopic (exact) mass is 318 g/mol. The van der Waals surface area contributed by atoms with Crippen LogP contribution in [0, 0.1) is 0 Å². The van der Waals surface area contributed by atoms with Crippen molar-refractivity contribution in [2.75, 3.05) is 0 Å². The van der Waals surface area contributed by atoms with Crippen molar-refractivity contribution in [3.05, 3.63) is 40.1 Å². The molecule has 1 N–H and O–H groups in total. The van der Waals surface area contributed by atoms with Crippen LogP contribution >= 0.6 is 15.9 Å². The number of alkyl halides is 3. The quantitative estimate of drug-likeness (QED) is 0.859. The first-order valence-corrected chi connectivity index (χ1v) is 5.58. The fraction of sp³-hybridized carbons (Fsp3) is 0.0909. The SMILES string of the molecule is O=Cc1cnc(-c2cc(Br)cc(C(F)(F)F)c2)[nH]1. The topological polar surface area (TPSA) is 45.8 Å². The number of benzene rings is 1. The van der Waals surface area contributed by atoms with E-state index in [-0.39, 0.29) is 21.6 Å². The molecule has 1 aromatic heterocycles. The van der Waals surface area contributed by atoms with Gasteiger partial charge in [0, 0.05) is 10.0 Å². The summed E-state index contributed by atoms with van der Waals surface area (Å²) in [6.07, 6.45) is -2.63. The Labute approximate surface area is 108 Å². The summed E-state index contributed by atoms with van der Waals surface area (Å²) < 4.78 is 38.2. The first-order valence-electron chi connectivity index (χ1n) is 4.78. The minimum absolute atomic E-state index is 0.207. The van der Waals surface area contributed by atoms with Gasteiger partial charge in [-0.1, -0.05) is 15.9 Å². The smallest absolute Gasteiger partial charge is 0.336 e. The normalized spacial score (nSPS) is 11.6. The molecule has 2 rings (SSSR count). The number of nitrogens with zero attached hydrogens (tertiary/aromatic N) is 1. The Morgan fingerprint density at radius 2 is 2.00 bits per heavy atom. The summed E-state index contributed by atoms with van der Waals surface area (Å²) in [6.45, 7) is 0. The lowest BCUT2D eigenvalue weighted by atomic mass is 10.1. The molecule has 18 heavy (non-hydrogen) atoms. The highest BCUT2D eigenvalue weighted by molar-refractivity contribution is 9.10. The van der Waals surface area contributed by atoms with Crippen molar-refractivity contribution in [1.29, 1.82) is 0 Å². The highest BCUT2D eigenvalue weighted by Crippen LogP contribution is 2.34. The summed E-state index contributed by atoms with van der Waals surface area (Å²) in [5.74, 6) is 0.212. The zero-order valence-corrected chi connectivity index (χ0v) is 10.3. The molecule has 3 nitrogen and oxygen atoms in total. The molecule has 0 fully saturated rings. The van der Waals surface area contributed by atoms with Crippen LogP contribution in [0.3, 0.4) is 0 Å². The second-order valence-corrected chi connectivity index (χ2v) is 4.45. The molecular weight excluding hydrogens is 313 g/mol. The van der Waals surface area contributed by atoms with Crippen LogP contribution in [0.2, 0.25) is 0 Å². The fourth-order valence-corrected chi connectivity index (χ4v) is 1.93. The number of aldehydes is 1. The van der Waals surface area contributed by atoms with Gasteiger partial charge in [0.15, 0.2) is 6.29 Å². The van der Waals surface area contributed by atoms with E-state index >= 15 is 0 Å². The molecule has 0 aliphatic heterocycles. The molecule has 0 spiro atoms. The van der Waals surface area contributed by atoms with Crippen LogP contribution in [0.15, 0.2) is 28.9 Å². The highest BCUT2D eigenvalue weighted by Gasteiger charge is 2.31. The molecule has 7 heteroatoms. The van der Waals surface area contributed by atoms with E-state index in [1.165, 1.54) is 12.3 Å². The third-order valence-electron chi connectivity index (χ3n) is 2.22. The molecule has 94 valence electrons. The zero-order chi connectivity index (χ0) is 13.3. The van der Waals surface area contributed by atoms with Crippen molar-refractivity contribution >= 4 is 22.2 Å². The second-order valence-electron chi connectivity index (χ2n) is 3.53. The number of aromatic amines is 1. The average Bonchev–Trinajstić information content (AvgIpc) is 2.75. The Kier molecular flexibility index (Phi) is 3.25. The molecular formula is C11H6BrF3N2O. The maximum atomic E-state index is 12.6. The molecule has 0 aliphatic carbocycles. The van der Waals surface area contributed by atoms with E-state index in [9.17, 15) is 18.0 Å². The summed E-state index contributed by atoms with van der Waals surface area (Å²) in [5, 5.41) is 0. The molecule has 0 amide bonds. The second kappa shape index (κ2) is 4.56. The molecule has 2 aromatic rings. The van der Waals surface area contributed by atoms with Crippen molar-refractivity contribution in [2.24, 2.45) is 0 Å². The average molecular weight is 319 g/mol. The number of hydrogen-bond donors (Lipinski definition) is 1.